The van der Waals surface area contributed by atoms with Gasteiger partial charge in [0.05, 0.1) is 6.07 Å². The number of hydrogen-bond acceptors (Lipinski definition) is 6. The zero-order chi connectivity index (χ0) is 11.5. The van der Waals surface area contributed by atoms with E-state index in [2.05, 4.69) is 18.0 Å². The zero-order valence-corrected chi connectivity index (χ0v) is 9.65. The Morgan fingerprint density at radius 1 is 1.62 bits per heavy atom. The summed E-state index contributed by atoms with van der Waals surface area (Å²) in [5.41, 5.74) is -0.325. The molecule has 0 N–H and O–H groups in total. The minimum absolute atomic E-state index is 0.0761. The molecule has 0 spiro atoms. The van der Waals surface area contributed by atoms with Gasteiger partial charge in [-0.15, -0.1) is 5.10 Å². The van der Waals surface area contributed by atoms with Gasteiger partial charge in [-0.1, -0.05) is 0 Å². The predicted octanol–water partition coefficient (Wildman–Crippen LogP) is 0.612. The van der Waals surface area contributed by atoms with Gasteiger partial charge in [-0.3, -0.25) is 4.79 Å². The molecule has 1 fully saturated rings. The number of rotatable bonds is 5. The van der Waals surface area contributed by atoms with Crippen LogP contribution in [0.5, 0.6) is 11.6 Å². The summed E-state index contributed by atoms with van der Waals surface area (Å²) in [5, 5.41) is 4.00. The van der Waals surface area contributed by atoms with Crippen molar-refractivity contribution < 1.29 is 13.7 Å². The van der Waals surface area contributed by atoms with Crippen LogP contribution in [0.1, 0.15) is 12.8 Å². The van der Waals surface area contributed by atoms with Gasteiger partial charge in [0.1, 0.15) is 12.8 Å². The SMILES string of the molecule is COCn1nc(OC2CC2)c(OS)cc1=O. The van der Waals surface area contributed by atoms with Crippen LogP contribution in [0.4, 0.5) is 0 Å². The quantitative estimate of drug-likeness (QED) is 0.607. The van der Waals surface area contributed by atoms with Crippen LogP contribution < -0.4 is 14.5 Å². The third-order valence-electron chi connectivity index (χ3n) is 2.08. The highest BCUT2D eigenvalue weighted by atomic mass is 32.1. The maximum Gasteiger partial charge on any atom is 0.276 e. The van der Waals surface area contributed by atoms with E-state index in [1.165, 1.54) is 13.2 Å². The Labute approximate surface area is 97.7 Å². The molecule has 1 saturated carbocycles. The second kappa shape index (κ2) is 4.75. The molecule has 88 valence electrons. The molecule has 0 atom stereocenters. The van der Waals surface area contributed by atoms with Crippen molar-refractivity contribution in [3.05, 3.63) is 16.4 Å². The first-order valence-corrected chi connectivity index (χ1v) is 5.20. The first kappa shape index (κ1) is 11.3. The summed E-state index contributed by atoms with van der Waals surface area (Å²) in [6.07, 6.45) is 2.16. The molecule has 7 heteroatoms. The standard InChI is InChI=1S/C9H12N2O4S/c1-13-5-11-8(12)4-7(15-16)9(10-11)14-6-2-3-6/h4,6,16H,2-3,5H2,1H3. The predicted molar refractivity (Wildman–Crippen MR) is 58.8 cm³/mol. The summed E-state index contributed by atoms with van der Waals surface area (Å²) in [4.78, 5) is 11.5. The van der Waals surface area contributed by atoms with Gasteiger partial charge in [-0.25, -0.2) is 0 Å². The summed E-state index contributed by atoms with van der Waals surface area (Å²) in [6, 6.07) is 1.27. The fraction of sp³-hybridized carbons (Fsp3) is 0.556. The van der Waals surface area contributed by atoms with Crippen LogP contribution >= 0.6 is 12.9 Å². The van der Waals surface area contributed by atoms with Crippen LogP contribution in [0.25, 0.3) is 0 Å². The molecule has 0 radical (unpaired) electrons. The topological polar surface area (TPSA) is 62.6 Å². The van der Waals surface area contributed by atoms with Crippen molar-refractivity contribution in [1.29, 1.82) is 0 Å². The highest BCUT2D eigenvalue weighted by Gasteiger charge is 2.26. The van der Waals surface area contributed by atoms with E-state index in [1.807, 2.05) is 0 Å². The average molecular weight is 244 g/mol. The van der Waals surface area contributed by atoms with E-state index in [4.69, 9.17) is 13.7 Å². The summed E-state index contributed by atoms with van der Waals surface area (Å²) in [5.74, 6) is 0.502. The highest BCUT2D eigenvalue weighted by Crippen LogP contribution is 2.30. The first-order chi connectivity index (χ1) is 7.74. The van der Waals surface area contributed by atoms with Gasteiger partial charge in [0.15, 0.2) is 0 Å². The molecule has 0 saturated heterocycles. The Bertz CT molecular complexity index is 430. The number of methoxy groups -OCH3 is 1. The average Bonchev–Trinajstić information content (AvgIpc) is 3.06. The summed E-state index contributed by atoms with van der Waals surface area (Å²) >= 11 is 3.66. The van der Waals surface area contributed by atoms with Crippen LogP contribution in [0.3, 0.4) is 0 Å². The first-order valence-electron chi connectivity index (χ1n) is 4.83. The van der Waals surface area contributed by atoms with E-state index in [0.717, 1.165) is 17.5 Å². The number of hydrogen-bond donors (Lipinski definition) is 1. The normalized spacial score (nSPS) is 14.9. The Hall–Kier alpha value is -1.21. The molecule has 1 aliphatic carbocycles. The summed E-state index contributed by atoms with van der Waals surface area (Å²) < 4.78 is 16.2. The second-order valence-corrected chi connectivity index (χ2v) is 3.66. The fourth-order valence-electron chi connectivity index (χ4n) is 1.16. The Kier molecular flexibility index (Phi) is 3.35. The molecule has 0 bridgehead atoms. The van der Waals surface area contributed by atoms with E-state index >= 15 is 0 Å². The second-order valence-electron chi connectivity index (χ2n) is 3.48. The van der Waals surface area contributed by atoms with Gasteiger partial charge in [0, 0.05) is 20.0 Å². The van der Waals surface area contributed by atoms with Crippen molar-refractivity contribution in [2.75, 3.05) is 7.11 Å². The Morgan fingerprint density at radius 3 is 2.94 bits per heavy atom. The minimum atomic E-state index is -0.325. The number of ether oxygens (including phenoxy) is 2. The highest BCUT2D eigenvalue weighted by molar-refractivity contribution is 7.75. The molecule has 1 aromatic heterocycles. The van der Waals surface area contributed by atoms with Crippen LogP contribution in [-0.4, -0.2) is 23.0 Å². The lowest BCUT2D eigenvalue weighted by atomic mass is 10.5. The van der Waals surface area contributed by atoms with Crippen LogP contribution in [0, 0.1) is 0 Å². The van der Waals surface area contributed by atoms with Crippen molar-refractivity contribution in [3.8, 4) is 11.6 Å². The van der Waals surface area contributed by atoms with Crippen molar-refractivity contribution in [1.82, 2.24) is 9.78 Å². The van der Waals surface area contributed by atoms with Crippen molar-refractivity contribution in [2.24, 2.45) is 0 Å². The largest absolute Gasteiger partial charge is 0.471 e. The van der Waals surface area contributed by atoms with Gasteiger partial charge < -0.3 is 13.7 Å². The van der Waals surface area contributed by atoms with E-state index in [0.29, 0.717) is 0 Å². The fourth-order valence-corrected chi connectivity index (χ4v) is 1.29. The molecule has 0 aliphatic heterocycles. The van der Waals surface area contributed by atoms with Gasteiger partial charge >= 0.3 is 0 Å². The lowest BCUT2D eigenvalue weighted by Crippen LogP contribution is -2.24. The van der Waals surface area contributed by atoms with E-state index < -0.39 is 0 Å². The van der Waals surface area contributed by atoms with Crippen LogP contribution in [0.15, 0.2) is 10.9 Å². The molecule has 1 aromatic rings. The monoisotopic (exact) mass is 244 g/mol. The molecule has 0 unspecified atom stereocenters. The third kappa shape index (κ3) is 2.48. The third-order valence-corrected chi connectivity index (χ3v) is 2.28. The zero-order valence-electron chi connectivity index (χ0n) is 8.75. The smallest absolute Gasteiger partial charge is 0.276 e. The molecular weight excluding hydrogens is 232 g/mol. The maximum absolute atomic E-state index is 11.5. The molecule has 1 aliphatic rings. The number of thiol groups is 1. The van der Waals surface area contributed by atoms with Crippen molar-refractivity contribution in [2.45, 2.75) is 25.7 Å². The van der Waals surface area contributed by atoms with Crippen molar-refractivity contribution >= 4 is 12.9 Å². The molecule has 0 amide bonds. The Morgan fingerprint density at radius 2 is 2.38 bits per heavy atom. The van der Waals surface area contributed by atoms with Gasteiger partial charge in [0.2, 0.25) is 5.75 Å². The van der Waals surface area contributed by atoms with Gasteiger partial charge in [-0.2, -0.15) is 4.68 Å². The molecule has 0 aromatic carbocycles. The molecule has 1 heterocycles. The minimum Gasteiger partial charge on any atom is -0.471 e. The molecule has 16 heavy (non-hydrogen) atoms. The van der Waals surface area contributed by atoms with Gasteiger partial charge in [-0.05, 0) is 12.8 Å². The van der Waals surface area contributed by atoms with E-state index in [9.17, 15) is 4.79 Å². The van der Waals surface area contributed by atoms with Crippen molar-refractivity contribution in [3.63, 3.8) is 0 Å². The van der Waals surface area contributed by atoms with Gasteiger partial charge in [0.25, 0.3) is 11.4 Å². The Balaban J connectivity index is 2.30. The number of nitrogens with zero attached hydrogens (tertiary/aromatic N) is 2. The lowest BCUT2D eigenvalue weighted by molar-refractivity contribution is 0.112. The van der Waals surface area contributed by atoms with E-state index in [1.54, 1.807) is 0 Å². The van der Waals surface area contributed by atoms with Crippen LogP contribution in [0.2, 0.25) is 0 Å². The van der Waals surface area contributed by atoms with E-state index in [-0.39, 0.29) is 30.0 Å². The maximum atomic E-state index is 11.5. The molecule has 6 nitrogen and oxygen atoms in total. The molecule has 2 rings (SSSR count). The van der Waals surface area contributed by atoms with Crippen LogP contribution in [-0.2, 0) is 11.5 Å². The summed E-state index contributed by atoms with van der Waals surface area (Å²) in [7, 11) is 1.48. The molecular formula is C9H12N2O4S. The lowest BCUT2D eigenvalue weighted by Gasteiger charge is -2.09. The number of aromatic nitrogens is 2. The summed E-state index contributed by atoms with van der Waals surface area (Å²) in [6.45, 7) is 0.0761.